The third kappa shape index (κ3) is 5.49. The molecule has 7 heteroatoms. The van der Waals surface area contributed by atoms with E-state index in [1.165, 1.54) is 0 Å². The molecule has 4 N–H and O–H groups in total. The van der Waals surface area contributed by atoms with Gasteiger partial charge in [-0.15, -0.1) is 0 Å². The normalized spacial score (nSPS) is 12.1. The number of rotatable bonds is 9. The fourth-order valence-electron chi connectivity index (χ4n) is 2.47. The molecule has 0 spiro atoms. The maximum atomic E-state index is 11.9. The second-order valence-corrected chi connectivity index (χ2v) is 5.89. The number of aromatic hydroxyl groups is 1. The first-order chi connectivity index (χ1) is 12.0. The highest BCUT2D eigenvalue weighted by atomic mass is 16.6. The number of esters is 2. The average Bonchev–Trinajstić information content (AvgIpc) is 2.98. The van der Waals surface area contributed by atoms with Gasteiger partial charge >= 0.3 is 11.9 Å². The Balaban J connectivity index is 1.81. The largest absolute Gasteiger partial charge is 0.508 e. The topological polar surface area (TPSA) is 115 Å². The first kappa shape index (κ1) is 18.8. The summed E-state index contributed by atoms with van der Waals surface area (Å²) >= 11 is 0. The molecule has 0 saturated heterocycles. The van der Waals surface area contributed by atoms with E-state index >= 15 is 0 Å². The number of carbonyl (C=O) groups excluding carboxylic acids is 2. The van der Waals surface area contributed by atoms with Crippen molar-refractivity contribution in [2.45, 2.75) is 38.6 Å². The van der Waals surface area contributed by atoms with Crippen molar-refractivity contribution in [3.8, 4) is 5.75 Å². The molecular formula is C18H24N2O5. The molecule has 0 radical (unpaired) electrons. The van der Waals surface area contributed by atoms with Crippen LogP contribution in [0.5, 0.6) is 5.75 Å². The maximum absolute atomic E-state index is 11.9. The zero-order chi connectivity index (χ0) is 18.2. The number of hydrogen-bond donors (Lipinski definition) is 3. The van der Waals surface area contributed by atoms with Crippen molar-refractivity contribution in [3.63, 3.8) is 0 Å². The summed E-state index contributed by atoms with van der Waals surface area (Å²) in [5.74, 6) is -1.11. The van der Waals surface area contributed by atoms with Gasteiger partial charge in [0.25, 0.3) is 0 Å². The van der Waals surface area contributed by atoms with Crippen molar-refractivity contribution in [2.75, 3.05) is 13.2 Å². The molecule has 25 heavy (non-hydrogen) atoms. The number of phenolic OH excluding ortho intramolecular Hbond substituents is 1. The zero-order valence-electron chi connectivity index (χ0n) is 14.3. The number of fused-ring (bicyclic) bond motifs is 1. The molecule has 0 aliphatic rings. The molecule has 0 aliphatic heterocycles. The number of benzene rings is 1. The number of H-pyrrole nitrogens is 1. The van der Waals surface area contributed by atoms with Crippen LogP contribution in [0.2, 0.25) is 0 Å². The van der Waals surface area contributed by atoms with Gasteiger partial charge in [0.05, 0.1) is 6.61 Å². The van der Waals surface area contributed by atoms with E-state index in [1.807, 2.05) is 0 Å². The highest BCUT2D eigenvalue weighted by molar-refractivity contribution is 5.86. The van der Waals surface area contributed by atoms with E-state index in [9.17, 15) is 14.7 Å². The maximum Gasteiger partial charge on any atom is 0.344 e. The predicted octanol–water partition coefficient (Wildman–Crippen LogP) is 2.02. The van der Waals surface area contributed by atoms with Gasteiger partial charge in [-0.3, -0.25) is 4.79 Å². The molecule has 2 aromatic rings. The van der Waals surface area contributed by atoms with Crippen molar-refractivity contribution in [1.82, 2.24) is 4.98 Å². The lowest BCUT2D eigenvalue weighted by Gasteiger charge is -2.11. The van der Waals surface area contributed by atoms with Gasteiger partial charge in [0.2, 0.25) is 0 Å². The summed E-state index contributed by atoms with van der Waals surface area (Å²) in [5.41, 5.74) is 7.49. The lowest BCUT2D eigenvalue weighted by atomic mass is 10.1. The van der Waals surface area contributed by atoms with E-state index in [-0.39, 0.29) is 12.2 Å². The number of ether oxygens (including phenoxy) is 2. The Morgan fingerprint density at radius 3 is 2.84 bits per heavy atom. The van der Waals surface area contributed by atoms with Crippen LogP contribution in [0.1, 0.15) is 31.7 Å². The lowest BCUT2D eigenvalue weighted by molar-refractivity contribution is -0.159. The Bertz CT molecular complexity index is 725. The monoisotopic (exact) mass is 348 g/mol. The van der Waals surface area contributed by atoms with Crippen LogP contribution in [-0.2, 0) is 25.5 Å². The number of aromatic amines is 1. The molecule has 0 bridgehead atoms. The molecule has 7 nitrogen and oxygen atoms in total. The number of nitrogens with one attached hydrogen (secondary N) is 1. The number of nitrogens with two attached hydrogens (primary N) is 1. The fourth-order valence-corrected chi connectivity index (χ4v) is 2.47. The van der Waals surface area contributed by atoms with Crippen LogP contribution in [0.25, 0.3) is 10.9 Å². The minimum atomic E-state index is -0.908. The summed E-state index contributed by atoms with van der Waals surface area (Å²) in [6.45, 7) is 1.95. The van der Waals surface area contributed by atoms with Gasteiger partial charge in [-0.25, -0.2) is 4.79 Å². The smallest absolute Gasteiger partial charge is 0.344 e. The van der Waals surface area contributed by atoms with Gasteiger partial charge in [0.15, 0.2) is 6.61 Å². The van der Waals surface area contributed by atoms with Crippen LogP contribution in [0.3, 0.4) is 0 Å². The summed E-state index contributed by atoms with van der Waals surface area (Å²) < 4.78 is 9.87. The van der Waals surface area contributed by atoms with Crippen LogP contribution < -0.4 is 5.73 Å². The Morgan fingerprint density at radius 1 is 1.28 bits per heavy atom. The lowest BCUT2D eigenvalue weighted by Crippen LogP contribution is -2.35. The molecule has 1 aromatic heterocycles. The number of aromatic nitrogens is 1. The fraction of sp³-hybridized carbons (Fsp3) is 0.444. The van der Waals surface area contributed by atoms with Crippen LogP contribution in [0, 0.1) is 0 Å². The van der Waals surface area contributed by atoms with Gasteiger partial charge in [-0.2, -0.15) is 0 Å². The van der Waals surface area contributed by atoms with Crippen molar-refractivity contribution in [3.05, 3.63) is 30.0 Å². The van der Waals surface area contributed by atoms with Gasteiger partial charge in [0.1, 0.15) is 11.8 Å². The number of unbranched alkanes of at least 4 members (excludes halogenated alkanes) is 2. The second kappa shape index (κ2) is 9.08. The van der Waals surface area contributed by atoms with E-state index in [0.717, 1.165) is 35.7 Å². The van der Waals surface area contributed by atoms with Gasteiger partial charge < -0.3 is 25.3 Å². The number of hydrogen-bond acceptors (Lipinski definition) is 6. The highest BCUT2D eigenvalue weighted by Gasteiger charge is 2.19. The van der Waals surface area contributed by atoms with E-state index in [1.54, 1.807) is 24.4 Å². The SMILES string of the molecule is CCCCCOC(=O)COC(=O)[C@@H](N)Cc1c[nH]c2ccc(O)cc12. The standard InChI is InChI=1S/C18H24N2O5/c1-2-3-4-7-24-17(22)11-25-18(23)15(19)8-12-10-20-16-6-5-13(21)9-14(12)16/h5-6,9-10,15,20-21H,2-4,7-8,11,19H2,1H3/t15-/m0/s1. The molecule has 0 aliphatic carbocycles. The van der Waals surface area contributed by atoms with Gasteiger partial charge in [0, 0.05) is 23.5 Å². The molecule has 136 valence electrons. The Morgan fingerprint density at radius 2 is 2.08 bits per heavy atom. The second-order valence-electron chi connectivity index (χ2n) is 5.89. The van der Waals surface area contributed by atoms with Crippen LogP contribution in [0.15, 0.2) is 24.4 Å². The van der Waals surface area contributed by atoms with E-state index < -0.39 is 24.6 Å². The van der Waals surface area contributed by atoms with Gasteiger partial charge in [-0.1, -0.05) is 19.8 Å². The quantitative estimate of drug-likeness (QED) is 0.472. The third-order valence-electron chi connectivity index (χ3n) is 3.84. The van der Waals surface area contributed by atoms with Crippen LogP contribution in [-0.4, -0.2) is 41.3 Å². The van der Waals surface area contributed by atoms with Crippen molar-refractivity contribution in [2.24, 2.45) is 5.73 Å². The van der Waals surface area contributed by atoms with E-state index in [2.05, 4.69) is 11.9 Å². The predicted molar refractivity (Wildman–Crippen MR) is 93.1 cm³/mol. The van der Waals surface area contributed by atoms with Crippen LogP contribution in [0.4, 0.5) is 0 Å². The molecule has 1 aromatic carbocycles. The van der Waals surface area contributed by atoms with E-state index in [4.69, 9.17) is 15.2 Å². The first-order valence-corrected chi connectivity index (χ1v) is 8.38. The summed E-state index contributed by atoms with van der Waals surface area (Å²) in [6, 6.07) is 4.01. The van der Waals surface area contributed by atoms with Crippen molar-refractivity contribution >= 4 is 22.8 Å². The molecule has 2 rings (SSSR count). The third-order valence-corrected chi connectivity index (χ3v) is 3.84. The zero-order valence-corrected chi connectivity index (χ0v) is 14.3. The molecule has 0 saturated carbocycles. The Hall–Kier alpha value is -2.54. The van der Waals surface area contributed by atoms with Crippen molar-refractivity contribution < 1.29 is 24.2 Å². The van der Waals surface area contributed by atoms with Crippen molar-refractivity contribution in [1.29, 1.82) is 0 Å². The van der Waals surface area contributed by atoms with Crippen LogP contribution >= 0.6 is 0 Å². The molecular weight excluding hydrogens is 324 g/mol. The molecule has 1 atom stereocenters. The minimum absolute atomic E-state index is 0.135. The van der Waals surface area contributed by atoms with E-state index in [0.29, 0.717) is 6.61 Å². The average molecular weight is 348 g/mol. The Labute approximate surface area is 146 Å². The minimum Gasteiger partial charge on any atom is -0.508 e. The van der Waals surface area contributed by atoms with Gasteiger partial charge in [-0.05, 0) is 30.2 Å². The molecule has 0 fully saturated rings. The summed E-state index contributed by atoms with van der Waals surface area (Å²) in [7, 11) is 0. The summed E-state index contributed by atoms with van der Waals surface area (Å²) in [5, 5.41) is 10.4. The first-order valence-electron chi connectivity index (χ1n) is 8.38. The molecule has 0 amide bonds. The molecule has 0 unspecified atom stereocenters. The molecule has 1 heterocycles. The summed E-state index contributed by atoms with van der Waals surface area (Å²) in [6.07, 6.45) is 4.78. The number of phenols is 1. The number of carbonyl (C=O) groups is 2. The summed E-state index contributed by atoms with van der Waals surface area (Å²) in [4.78, 5) is 26.5. The highest BCUT2D eigenvalue weighted by Crippen LogP contribution is 2.23. The Kier molecular flexibility index (Phi) is 6.82.